The third-order valence-corrected chi connectivity index (χ3v) is 7.45. The first-order valence-corrected chi connectivity index (χ1v) is 12.7. The van der Waals surface area contributed by atoms with Crippen LogP contribution in [0.5, 0.6) is 0 Å². The van der Waals surface area contributed by atoms with Crippen LogP contribution in [0.25, 0.3) is 0 Å². The summed E-state index contributed by atoms with van der Waals surface area (Å²) < 4.78 is 0. The Balaban J connectivity index is 1.96. The van der Waals surface area contributed by atoms with Crippen LogP contribution in [0.1, 0.15) is 91.2 Å². The van der Waals surface area contributed by atoms with Gasteiger partial charge >= 0.3 is 0 Å². The van der Waals surface area contributed by atoms with Gasteiger partial charge in [0.1, 0.15) is 0 Å². The molecule has 0 spiro atoms. The Labute approximate surface area is 195 Å². The minimum Gasteiger partial charge on any atom is -0.328 e. The highest BCUT2D eigenvalue weighted by molar-refractivity contribution is 7.99. The number of hydrogen-bond acceptors (Lipinski definition) is 3. The first-order chi connectivity index (χ1) is 14.5. The molecule has 0 aromatic heterocycles. The van der Waals surface area contributed by atoms with Crippen molar-refractivity contribution in [3.05, 3.63) is 59.7 Å². The number of nitrogens with two attached hydrogens (primary N) is 2. The second kappa shape index (κ2) is 11.5. The van der Waals surface area contributed by atoms with E-state index in [-0.39, 0.29) is 10.8 Å². The maximum absolute atomic E-state index is 5.91. The van der Waals surface area contributed by atoms with Crippen LogP contribution in [0.4, 0.5) is 0 Å². The van der Waals surface area contributed by atoms with E-state index in [1.54, 1.807) is 0 Å². The van der Waals surface area contributed by atoms with Crippen LogP contribution in [0.3, 0.4) is 0 Å². The summed E-state index contributed by atoms with van der Waals surface area (Å²) >= 11 is 1.84. The van der Waals surface area contributed by atoms with Gasteiger partial charge in [-0.2, -0.15) is 0 Å². The van der Waals surface area contributed by atoms with Crippen LogP contribution in [-0.2, 0) is 10.8 Å². The van der Waals surface area contributed by atoms with Gasteiger partial charge in [-0.1, -0.05) is 76.6 Å². The van der Waals surface area contributed by atoms with Crippen molar-refractivity contribution in [1.29, 1.82) is 0 Å². The van der Waals surface area contributed by atoms with Gasteiger partial charge in [-0.15, -0.1) is 0 Å². The molecule has 0 aliphatic carbocycles. The summed E-state index contributed by atoms with van der Waals surface area (Å²) in [5.74, 6) is 0. The van der Waals surface area contributed by atoms with Gasteiger partial charge in [0.25, 0.3) is 0 Å². The van der Waals surface area contributed by atoms with Crippen LogP contribution in [0.2, 0.25) is 0 Å². The van der Waals surface area contributed by atoms with Gasteiger partial charge in [0.05, 0.1) is 0 Å². The van der Waals surface area contributed by atoms with Crippen molar-refractivity contribution in [3.63, 3.8) is 0 Å². The van der Waals surface area contributed by atoms with E-state index in [9.17, 15) is 0 Å². The summed E-state index contributed by atoms with van der Waals surface area (Å²) in [6.07, 6.45) is 6.88. The lowest BCUT2D eigenvalue weighted by molar-refractivity contribution is 0.439. The SMILES string of the molecule is CC(N)CCCC(C)(C)c1ccc(Sc2ccc(C(C)(C)CCCC(C)N)cc2)cc1. The normalized spacial score (nSPS) is 14.5. The highest BCUT2D eigenvalue weighted by atomic mass is 32.2. The fraction of sp³-hybridized carbons (Fsp3) is 0.571. The molecule has 0 amide bonds. The molecular formula is C28H44N2S. The van der Waals surface area contributed by atoms with E-state index in [1.807, 2.05) is 11.8 Å². The maximum atomic E-state index is 5.91. The van der Waals surface area contributed by atoms with E-state index < -0.39 is 0 Å². The standard InChI is InChI=1S/C28H44N2S/c1-21(29)9-7-19-27(3,4)23-11-15-25(16-12-23)31-26-17-13-24(14-18-26)28(5,6)20-8-10-22(2)30/h11-18,21-22H,7-10,19-20,29-30H2,1-6H3. The molecule has 31 heavy (non-hydrogen) atoms. The summed E-state index contributed by atoms with van der Waals surface area (Å²) in [7, 11) is 0. The predicted molar refractivity (Wildman–Crippen MR) is 138 cm³/mol. The molecule has 0 bridgehead atoms. The third-order valence-electron chi connectivity index (χ3n) is 6.43. The Morgan fingerprint density at radius 2 is 0.968 bits per heavy atom. The van der Waals surface area contributed by atoms with Crippen LogP contribution in [0, 0.1) is 0 Å². The molecule has 0 saturated carbocycles. The molecule has 0 saturated heterocycles. The zero-order valence-corrected chi connectivity index (χ0v) is 21.4. The molecule has 3 heteroatoms. The second-order valence-corrected chi connectivity index (χ2v) is 11.8. The fourth-order valence-electron chi connectivity index (χ4n) is 4.11. The monoisotopic (exact) mass is 440 g/mol. The first kappa shape index (κ1) is 26.0. The highest BCUT2D eigenvalue weighted by Gasteiger charge is 2.21. The molecule has 0 aliphatic rings. The van der Waals surface area contributed by atoms with E-state index in [0.29, 0.717) is 12.1 Å². The summed E-state index contributed by atoms with van der Waals surface area (Å²) in [6.45, 7) is 13.5. The molecule has 4 N–H and O–H groups in total. The largest absolute Gasteiger partial charge is 0.328 e. The quantitative estimate of drug-likeness (QED) is 0.361. The van der Waals surface area contributed by atoms with Crippen molar-refractivity contribution in [2.24, 2.45) is 11.5 Å². The second-order valence-electron chi connectivity index (χ2n) is 10.7. The topological polar surface area (TPSA) is 52.0 Å². The average Bonchev–Trinajstić information content (AvgIpc) is 2.68. The zero-order valence-electron chi connectivity index (χ0n) is 20.6. The Morgan fingerprint density at radius 3 is 1.26 bits per heavy atom. The Hall–Kier alpha value is -1.29. The smallest absolute Gasteiger partial charge is 0.0122 e. The molecule has 2 aromatic rings. The molecule has 2 nitrogen and oxygen atoms in total. The van der Waals surface area contributed by atoms with Crippen molar-refractivity contribution in [2.75, 3.05) is 0 Å². The molecule has 2 aromatic carbocycles. The zero-order chi connectivity index (χ0) is 23.1. The first-order valence-electron chi connectivity index (χ1n) is 11.9. The van der Waals surface area contributed by atoms with E-state index in [0.717, 1.165) is 12.8 Å². The molecule has 0 aliphatic heterocycles. The summed E-state index contributed by atoms with van der Waals surface area (Å²) in [5, 5.41) is 0. The van der Waals surface area contributed by atoms with Gasteiger partial charge in [-0.3, -0.25) is 0 Å². The third kappa shape index (κ3) is 8.63. The molecule has 2 unspecified atom stereocenters. The van der Waals surface area contributed by atoms with Crippen molar-refractivity contribution in [1.82, 2.24) is 0 Å². The van der Waals surface area contributed by atoms with Gasteiger partial charge in [-0.25, -0.2) is 0 Å². The lowest BCUT2D eigenvalue weighted by Crippen LogP contribution is -2.20. The maximum Gasteiger partial charge on any atom is 0.0122 e. The lowest BCUT2D eigenvalue weighted by atomic mass is 9.80. The van der Waals surface area contributed by atoms with Crippen LogP contribution in [-0.4, -0.2) is 12.1 Å². The van der Waals surface area contributed by atoms with Crippen molar-refractivity contribution < 1.29 is 0 Å². The Bertz CT molecular complexity index is 706. The molecule has 2 rings (SSSR count). The minimum absolute atomic E-state index is 0.188. The fourth-order valence-corrected chi connectivity index (χ4v) is 4.92. The van der Waals surface area contributed by atoms with Gasteiger partial charge in [-0.05, 0) is 85.8 Å². The number of hydrogen-bond donors (Lipinski definition) is 2. The number of rotatable bonds is 12. The lowest BCUT2D eigenvalue weighted by Gasteiger charge is -2.26. The van der Waals surface area contributed by atoms with Crippen LogP contribution in [0.15, 0.2) is 58.3 Å². The van der Waals surface area contributed by atoms with Crippen molar-refractivity contribution in [3.8, 4) is 0 Å². The molecule has 2 atom stereocenters. The van der Waals surface area contributed by atoms with Gasteiger partial charge in [0.2, 0.25) is 0 Å². The van der Waals surface area contributed by atoms with Crippen molar-refractivity contribution in [2.45, 2.75) is 113 Å². The summed E-state index contributed by atoms with van der Waals surface area (Å²) in [6, 6.07) is 18.8. The Kier molecular flexibility index (Phi) is 9.66. The minimum atomic E-state index is 0.188. The van der Waals surface area contributed by atoms with E-state index in [2.05, 4.69) is 90.1 Å². The van der Waals surface area contributed by atoms with E-state index in [1.165, 1.54) is 46.6 Å². The van der Waals surface area contributed by atoms with Crippen LogP contribution < -0.4 is 11.5 Å². The molecule has 172 valence electrons. The van der Waals surface area contributed by atoms with Gasteiger partial charge < -0.3 is 11.5 Å². The van der Waals surface area contributed by atoms with Crippen LogP contribution >= 0.6 is 11.8 Å². The highest BCUT2D eigenvalue weighted by Crippen LogP contribution is 2.35. The van der Waals surface area contributed by atoms with E-state index in [4.69, 9.17) is 11.5 Å². The van der Waals surface area contributed by atoms with Crippen molar-refractivity contribution >= 4 is 11.8 Å². The van der Waals surface area contributed by atoms with E-state index >= 15 is 0 Å². The van der Waals surface area contributed by atoms with Gasteiger partial charge in [0, 0.05) is 21.9 Å². The molecule has 0 fully saturated rings. The molecule has 0 radical (unpaired) electrons. The molecular weight excluding hydrogens is 396 g/mol. The summed E-state index contributed by atoms with van der Waals surface area (Å²) in [4.78, 5) is 2.58. The summed E-state index contributed by atoms with van der Waals surface area (Å²) in [5.41, 5.74) is 15.0. The number of benzene rings is 2. The Morgan fingerprint density at radius 1 is 0.645 bits per heavy atom. The van der Waals surface area contributed by atoms with Gasteiger partial charge in [0.15, 0.2) is 0 Å². The predicted octanol–water partition coefficient (Wildman–Crippen LogP) is 7.43. The average molecular weight is 441 g/mol. The molecule has 0 heterocycles.